The predicted molar refractivity (Wildman–Crippen MR) is 203 cm³/mol. The summed E-state index contributed by atoms with van der Waals surface area (Å²) in [5, 5.41) is 0. The summed E-state index contributed by atoms with van der Waals surface area (Å²) in [6.07, 6.45) is 58.3. The Balaban J connectivity index is 4.00. The molecule has 252 valence electrons. The van der Waals surface area contributed by atoms with Crippen molar-refractivity contribution in [3.05, 3.63) is 109 Å². The molecular formula is C43H69NO. The van der Waals surface area contributed by atoms with Gasteiger partial charge in [0.05, 0.1) is 12.7 Å². The molecule has 0 radical (unpaired) electrons. The van der Waals surface area contributed by atoms with Gasteiger partial charge in [-0.05, 0) is 88.6 Å². The zero-order valence-electron chi connectivity index (χ0n) is 29.8. The molecule has 0 spiro atoms. The van der Waals surface area contributed by atoms with Gasteiger partial charge in [-0.25, -0.2) is 0 Å². The van der Waals surface area contributed by atoms with E-state index in [9.17, 15) is 0 Å². The van der Waals surface area contributed by atoms with E-state index >= 15 is 0 Å². The Labute approximate surface area is 280 Å². The number of ether oxygens (including phenoxy) is 1. The Morgan fingerprint density at radius 3 is 1.67 bits per heavy atom. The maximum atomic E-state index is 6.29. The standard InChI is InChI=1S/C43H69NO/c1-5-7-9-11-13-15-17-19-21-23-25-27-29-31-33-35-37-40-43(45-42-38-41-44(3)4)39-36-34-32-30-28-26-24-22-20-18-16-14-12-10-8-6-2/h7-11,14,16-17,19-23,25,38,41,43H,5-6,12,18,24,26-37,39-40,42H2,1-4H3/b9-7-,10-8-,16-14-,17-11?,21-19-,22-20-,25-23+,41-38+. The van der Waals surface area contributed by atoms with Crippen LogP contribution in [0.3, 0.4) is 0 Å². The molecule has 0 amide bonds. The monoisotopic (exact) mass is 616 g/mol. The van der Waals surface area contributed by atoms with Gasteiger partial charge in [0.1, 0.15) is 0 Å². The molecule has 0 N–H and O–H groups in total. The Morgan fingerprint density at radius 1 is 0.511 bits per heavy atom. The molecule has 0 aromatic rings. The van der Waals surface area contributed by atoms with Crippen LogP contribution in [0.15, 0.2) is 109 Å². The highest BCUT2D eigenvalue weighted by Crippen LogP contribution is 2.17. The fourth-order valence-corrected chi connectivity index (χ4v) is 4.78. The molecule has 45 heavy (non-hydrogen) atoms. The van der Waals surface area contributed by atoms with E-state index in [0.717, 1.165) is 38.7 Å². The quantitative estimate of drug-likeness (QED) is 0.0345. The fourth-order valence-electron chi connectivity index (χ4n) is 4.78. The second-order valence-corrected chi connectivity index (χ2v) is 11.9. The first-order valence-electron chi connectivity index (χ1n) is 18.2. The number of hydrogen-bond acceptors (Lipinski definition) is 2. The molecular weight excluding hydrogens is 546 g/mol. The summed E-state index contributed by atoms with van der Waals surface area (Å²) in [5.41, 5.74) is 6.02. The smallest absolute Gasteiger partial charge is 0.0668 e. The van der Waals surface area contributed by atoms with Crippen molar-refractivity contribution in [1.29, 1.82) is 0 Å². The lowest BCUT2D eigenvalue weighted by molar-refractivity contribution is 0.0569. The summed E-state index contributed by atoms with van der Waals surface area (Å²) in [6, 6.07) is 0. The number of hydrogen-bond donors (Lipinski definition) is 0. The lowest BCUT2D eigenvalue weighted by atomic mass is 10.0. The molecule has 0 fully saturated rings. The normalized spacial score (nSPS) is 13.0. The van der Waals surface area contributed by atoms with E-state index in [0.29, 0.717) is 6.10 Å². The number of rotatable bonds is 30. The number of unbranched alkanes of at least 4 members (excludes halogenated alkanes) is 11. The van der Waals surface area contributed by atoms with Crippen LogP contribution < -0.4 is 0 Å². The fraction of sp³-hybridized carbons (Fsp3) is 0.581. The molecule has 0 aliphatic carbocycles. The minimum atomic E-state index is 0.403. The highest BCUT2D eigenvalue weighted by atomic mass is 16.5. The van der Waals surface area contributed by atoms with Crippen molar-refractivity contribution in [2.45, 2.75) is 142 Å². The number of allylic oxidation sites excluding steroid dienone is 14. The van der Waals surface area contributed by atoms with Crippen LogP contribution in [0.2, 0.25) is 0 Å². The van der Waals surface area contributed by atoms with E-state index in [4.69, 9.17) is 4.74 Å². The first kappa shape index (κ1) is 42.2. The van der Waals surface area contributed by atoms with Crippen LogP contribution in [0.4, 0.5) is 0 Å². The largest absolute Gasteiger partial charge is 0.384 e. The summed E-state index contributed by atoms with van der Waals surface area (Å²) in [5.74, 6) is 0. The molecule has 0 saturated heterocycles. The molecule has 0 aliphatic rings. The first-order valence-corrected chi connectivity index (χ1v) is 18.2. The van der Waals surface area contributed by atoms with E-state index in [-0.39, 0.29) is 0 Å². The van der Waals surface area contributed by atoms with Crippen molar-refractivity contribution in [2.24, 2.45) is 0 Å². The van der Waals surface area contributed by atoms with Crippen molar-refractivity contribution < 1.29 is 4.74 Å². The van der Waals surface area contributed by atoms with Crippen LogP contribution in [0.25, 0.3) is 0 Å². The molecule has 2 heteroatoms. The van der Waals surface area contributed by atoms with Crippen LogP contribution in [0.5, 0.6) is 0 Å². The lowest BCUT2D eigenvalue weighted by Gasteiger charge is -2.17. The van der Waals surface area contributed by atoms with E-state index in [1.165, 1.54) is 89.9 Å². The van der Waals surface area contributed by atoms with E-state index in [2.05, 4.69) is 117 Å². The summed E-state index contributed by atoms with van der Waals surface area (Å²) < 4.78 is 6.29. The Hall–Kier alpha value is -2.76. The van der Waals surface area contributed by atoms with Crippen molar-refractivity contribution in [3.63, 3.8) is 0 Å². The average Bonchev–Trinajstić information content (AvgIpc) is 3.03. The SMILES string of the molecule is CC/C=C\C=C=C=C/C=C\C=C\CCCCCCCC(CCCCCCCC/C=C\C/C=C\C/C=C\CC)OC/C=C/N(C)C. The third-order valence-corrected chi connectivity index (χ3v) is 7.33. The van der Waals surface area contributed by atoms with Gasteiger partial charge >= 0.3 is 0 Å². The van der Waals surface area contributed by atoms with E-state index in [1.807, 2.05) is 24.3 Å². The molecule has 1 atom stereocenters. The van der Waals surface area contributed by atoms with Gasteiger partial charge in [0, 0.05) is 14.1 Å². The molecule has 1 unspecified atom stereocenters. The van der Waals surface area contributed by atoms with Gasteiger partial charge in [-0.3, -0.25) is 0 Å². The van der Waals surface area contributed by atoms with Gasteiger partial charge in [-0.15, -0.1) is 0 Å². The molecule has 0 aliphatic heterocycles. The van der Waals surface area contributed by atoms with Crippen molar-refractivity contribution >= 4 is 0 Å². The number of nitrogens with zero attached hydrogens (tertiary/aromatic N) is 1. The van der Waals surface area contributed by atoms with Crippen LogP contribution in [-0.4, -0.2) is 31.7 Å². The van der Waals surface area contributed by atoms with Crippen molar-refractivity contribution in [1.82, 2.24) is 4.90 Å². The van der Waals surface area contributed by atoms with E-state index < -0.39 is 0 Å². The molecule has 0 saturated carbocycles. The Kier molecular flexibility index (Phi) is 35.1. The zero-order chi connectivity index (χ0) is 32.7. The maximum Gasteiger partial charge on any atom is 0.0668 e. The maximum absolute atomic E-state index is 6.29. The van der Waals surface area contributed by atoms with Gasteiger partial charge in [-0.1, -0.05) is 156 Å². The average molecular weight is 616 g/mol. The summed E-state index contributed by atoms with van der Waals surface area (Å²) in [7, 11) is 4.12. The van der Waals surface area contributed by atoms with Crippen LogP contribution in [0, 0.1) is 0 Å². The van der Waals surface area contributed by atoms with Crippen LogP contribution in [0.1, 0.15) is 136 Å². The highest BCUT2D eigenvalue weighted by Gasteiger charge is 2.08. The van der Waals surface area contributed by atoms with Gasteiger partial charge in [0.15, 0.2) is 0 Å². The molecule has 0 rings (SSSR count). The summed E-state index contributed by atoms with van der Waals surface area (Å²) >= 11 is 0. The molecule has 0 bridgehead atoms. The predicted octanol–water partition coefficient (Wildman–Crippen LogP) is 13.1. The molecule has 0 heterocycles. The van der Waals surface area contributed by atoms with E-state index in [1.54, 1.807) is 0 Å². The van der Waals surface area contributed by atoms with Gasteiger partial charge in [0.2, 0.25) is 0 Å². The second-order valence-electron chi connectivity index (χ2n) is 11.9. The minimum absolute atomic E-state index is 0.403. The van der Waals surface area contributed by atoms with Crippen LogP contribution >= 0.6 is 0 Å². The summed E-state index contributed by atoms with van der Waals surface area (Å²) in [6.45, 7) is 5.03. The third-order valence-electron chi connectivity index (χ3n) is 7.33. The van der Waals surface area contributed by atoms with Crippen molar-refractivity contribution in [3.8, 4) is 0 Å². The first-order chi connectivity index (χ1) is 22.2. The molecule has 0 aromatic heterocycles. The summed E-state index contributed by atoms with van der Waals surface area (Å²) in [4.78, 5) is 2.07. The second kappa shape index (κ2) is 37.4. The zero-order valence-corrected chi connectivity index (χ0v) is 29.8. The topological polar surface area (TPSA) is 12.5 Å². The Morgan fingerprint density at radius 2 is 1.04 bits per heavy atom. The third kappa shape index (κ3) is 37.3. The molecule has 2 nitrogen and oxygen atoms in total. The van der Waals surface area contributed by atoms with Crippen molar-refractivity contribution in [2.75, 3.05) is 20.7 Å². The van der Waals surface area contributed by atoms with Crippen LogP contribution in [-0.2, 0) is 4.74 Å². The van der Waals surface area contributed by atoms with Gasteiger partial charge in [-0.2, -0.15) is 0 Å². The molecule has 0 aromatic carbocycles. The van der Waals surface area contributed by atoms with Gasteiger partial charge < -0.3 is 9.64 Å². The highest BCUT2D eigenvalue weighted by molar-refractivity contribution is 5.11. The minimum Gasteiger partial charge on any atom is -0.384 e. The lowest BCUT2D eigenvalue weighted by Crippen LogP contribution is -2.13. The van der Waals surface area contributed by atoms with Gasteiger partial charge in [0.25, 0.3) is 0 Å². The Bertz CT molecular complexity index is 929.